The van der Waals surface area contributed by atoms with Crippen molar-refractivity contribution in [3.63, 3.8) is 0 Å². The Morgan fingerprint density at radius 1 is 1.04 bits per heavy atom. The lowest BCUT2D eigenvalue weighted by Gasteiger charge is -2.17. The molecular formula is C18H20NO4P. The maximum atomic E-state index is 12.7. The topological polar surface area (TPSA) is 61.6 Å². The molecule has 0 bridgehead atoms. The Kier molecular flexibility index (Phi) is 5.14. The van der Waals surface area contributed by atoms with Crippen molar-refractivity contribution < 1.29 is 18.0 Å². The van der Waals surface area contributed by atoms with Crippen LogP contribution in [0, 0.1) is 0 Å². The average molecular weight is 345 g/mol. The molecule has 0 amide bonds. The fourth-order valence-corrected chi connectivity index (χ4v) is 4.23. The van der Waals surface area contributed by atoms with Crippen LogP contribution in [0.1, 0.15) is 19.4 Å². The summed E-state index contributed by atoms with van der Waals surface area (Å²) in [5.74, 6) is 0.542. The summed E-state index contributed by atoms with van der Waals surface area (Å²) < 4.78 is 29.2. The van der Waals surface area contributed by atoms with Crippen LogP contribution in [0.5, 0.6) is 0 Å². The minimum Gasteiger partial charge on any atom is -0.436 e. The van der Waals surface area contributed by atoms with E-state index >= 15 is 0 Å². The molecular weight excluding hydrogens is 325 g/mol. The van der Waals surface area contributed by atoms with Crippen molar-refractivity contribution in [1.82, 2.24) is 4.98 Å². The molecule has 0 unspecified atom stereocenters. The first-order valence-corrected chi connectivity index (χ1v) is 9.69. The van der Waals surface area contributed by atoms with Crippen molar-refractivity contribution in [1.29, 1.82) is 0 Å². The smallest absolute Gasteiger partial charge is 0.335 e. The van der Waals surface area contributed by atoms with Crippen molar-refractivity contribution in [2.45, 2.75) is 20.0 Å². The summed E-state index contributed by atoms with van der Waals surface area (Å²) in [7, 11) is -3.13. The van der Waals surface area contributed by atoms with Crippen LogP contribution in [0.3, 0.4) is 0 Å². The quantitative estimate of drug-likeness (QED) is 0.547. The van der Waals surface area contributed by atoms with Gasteiger partial charge in [-0.1, -0.05) is 24.3 Å². The molecule has 1 aromatic heterocycles. The van der Waals surface area contributed by atoms with Crippen molar-refractivity contribution in [3.05, 3.63) is 54.1 Å². The van der Waals surface area contributed by atoms with Crippen LogP contribution in [0.15, 0.2) is 52.9 Å². The number of hydrogen-bond acceptors (Lipinski definition) is 5. The number of oxazole rings is 1. The molecule has 24 heavy (non-hydrogen) atoms. The summed E-state index contributed by atoms with van der Waals surface area (Å²) in [4.78, 5) is 4.49. The maximum absolute atomic E-state index is 12.7. The van der Waals surface area contributed by atoms with Gasteiger partial charge in [-0.2, -0.15) is 0 Å². The molecule has 1 heterocycles. The Morgan fingerprint density at radius 3 is 2.50 bits per heavy atom. The van der Waals surface area contributed by atoms with E-state index in [1.54, 1.807) is 13.8 Å². The van der Waals surface area contributed by atoms with E-state index in [2.05, 4.69) is 4.98 Å². The highest BCUT2D eigenvalue weighted by atomic mass is 31.2. The second kappa shape index (κ2) is 7.31. The monoisotopic (exact) mass is 345 g/mol. The van der Waals surface area contributed by atoms with E-state index in [9.17, 15) is 4.57 Å². The third kappa shape index (κ3) is 3.75. The highest BCUT2D eigenvalue weighted by molar-refractivity contribution is 7.53. The molecule has 0 N–H and O–H groups in total. The summed E-state index contributed by atoms with van der Waals surface area (Å²) in [5.41, 5.74) is 3.25. The summed E-state index contributed by atoms with van der Waals surface area (Å²) in [6.07, 6.45) is 0.225. The van der Waals surface area contributed by atoms with Gasteiger partial charge in [0.2, 0.25) is 5.89 Å². The Bertz CT molecular complexity index is 831. The molecule has 0 aliphatic rings. The zero-order chi connectivity index (χ0) is 17.0. The van der Waals surface area contributed by atoms with Gasteiger partial charge >= 0.3 is 7.60 Å². The molecule has 5 nitrogen and oxygen atoms in total. The molecule has 2 aromatic carbocycles. The van der Waals surface area contributed by atoms with Crippen LogP contribution in [-0.4, -0.2) is 18.2 Å². The van der Waals surface area contributed by atoms with Gasteiger partial charge < -0.3 is 13.5 Å². The Morgan fingerprint density at radius 2 is 1.79 bits per heavy atom. The molecule has 0 aliphatic carbocycles. The molecule has 0 saturated heterocycles. The Balaban J connectivity index is 1.89. The number of nitrogens with zero attached hydrogens (tertiary/aromatic N) is 1. The fourth-order valence-electron chi connectivity index (χ4n) is 2.54. The van der Waals surface area contributed by atoms with Gasteiger partial charge in [-0.25, -0.2) is 4.98 Å². The lowest BCUT2D eigenvalue weighted by Crippen LogP contribution is -1.99. The second-order valence-electron chi connectivity index (χ2n) is 5.29. The minimum atomic E-state index is -3.13. The molecule has 0 fully saturated rings. The van der Waals surface area contributed by atoms with Crippen molar-refractivity contribution in [2.75, 3.05) is 13.2 Å². The first-order valence-electron chi connectivity index (χ1n) is 7.96. The van der Waals surface area contributed by atoms with Crippen molar-refractivity contribution in [3.8, 4) is 11.5 Å². The van der Waals surface area contributed by atoms with Gasteiger partial charge in [-0.3, -0.25) is 4.57 Å². The normalized spacial score (nSPS) is 11.9. The van der Waals surface area contributed by atoms with Gasteiger partial charge in [-0.15, -0.1) is 0 Å². The second-order valence-corrected chi connectivity index (χ2v) is 7.35. The highest BCUT2D eigenvalue weighted by Crippen LogP contribution is 2.51. The van der Waals surface area contributed by atoms with Crippen LogP contribution in [-0.2, 0) is 19.8 Å². The molecule has 0 aliphatic heterocycles. The Labute approximate surface area is 141 Å². The van der Waals surface area contributed by atoms with Crippen LogP contribution in [0.4, 0.5) is 0 Å². The third-order valence-corrected chi connectivity index (χ3v) is 5.55. The van der Waals surface area contributed by atoms with Crippen LogP contribution in [0.2, 0.25) is 0 Å². The molecule has 126 valence electrons. The molecule has 6 heteroatoms. The van der Waals surface area contributed by atoms with Gasteiger partial charge in [0.25, 0.3) is 0 Å². The molecule has 3 aromatic rings. The van der Waals surface area contributed by atoms with Crippen LogP contribution in [0.25, 0.3) is 22.6 Å². The van der Waals surface area contributed by atoms with E-state index in [1.807, 2.05) is 48.5 Å². The first kappa shape index (κ1) is 16.9. The van der Waals surface area contributed by atoms with Gasteiger partial charge in [0.15, 0.2) is 5.58 Å². The van der Waals surface area contributed by atoms with Crippen LogP contribution < -0.4 is 0 Å². The average Bonchev–Trinajstić information content (AvgIpc) is 2.99. The predicted octanol–water partition coefficient (Wildman–Crippen LogP) is 5.26. The summed E-state index contributed by atoms with van der Waals surface area (Å²) in [5, 5.41) is 0. The summed E-state index contributed by atoms with van der Waals surface area (Å²) in [6, 6.07) is 15.2. The zero-order valence-corrected chi connectivity index (χ0v) is 14.7. The molecule has 3 rings (SSSR count). The molecule has 0 atom stereocenters. The Hall–Kier alpha value is -1.94. The van der Waals surface area contributed by atoms with E-state index in [0.717, 1.165) is 22.2 Å². The maximum Gasteiger partial charge on any atom is 0.335 e. The number of fused-ring (bicyclic) bond motifs is 1. The summed E-state index contributed by atoms with van der Waals surface area (Å²) in [6.45, 7) is 4.31. The van der Waals surface area contributed by atoms with E-state index in [4.69, 9.17) is 13.5 Å². The standard InChI is InChI=1S/C18H20NO4P/c1-3-21-24(20,22-4-2)13-14-8-7-9-15(12-14)18-19-16-10-5-6-11-17(16)23-18/h5-12H,3-4,13H2,1-2H3. The van der Waals surface area contributed by atoms with Gasteiger partial charge in [0.1, 0.15) is 5.52 Å². The van der Waals surface area contributed by atoms with E-state index < -0.39 is 7.60 Å². The highest BCUT2D eigenvalue weighted by Gasteiger charge is 2.24. The van der Waals surface area contributed by atoms with E-state index in [1.165, 1.54) is 0 Å². The summed E-state index contributed by atoms with van der Waals surface area (Å²) >= 11 is 0. The molecule has 0 saturated carbocycles. The van der Waals surface area contributed by atoms with Gasteiger partial charge in [-0.05, 0) is 43.7 Å². The number of aromatic nitrogens is 1. The van der Waals surface area contributed by atoms with Gasteiger partial charge in [0.05, 0.1) is 19.4 Å². The molecule has 0 spiro atoms. The van der Waals surface area contributed by atoms with Crippen LogP contribution >= 0.6 is 7.60 Å². The fraction of sp³-hybridized carbons (Fsp3) is 0.278. The number of rotatable bonds is 7. The van der Waals surface area contributed by atoms with Crippen molar-refractivity contribution in [2.24, 2.45) is 0 Å². The zero-order valence-electron chi connectivity index (χ0n) is 13.8. The first-order chi connectivity index (χ1) is 11.6. The minimum absolute atomic E-state index is 0.225. The number of para-hydroxylation sites is 2. The number of benzene rings is 2. The largest absolute Gasteiger partial charge is 0.436 e. The van der Waals surface area contributed by atoms with E-state index in [0.29, 0.717) is 19.1 Å². The SMILES string of the molecule is CCOP(=O)(Cc1cccc(-c2nc3ccccc3o2)c1)OCC. The van der Waals surface area contributed by atoms with E-state index in [-0.39, 0.29) is 6.16 Å². The van der Waals surface area contributed by atoms with Crippen molar-refractivity contribution >= 4 is 18.7 Å². The number of hydrogen-bond donors (Lipinski definition) is 0. The third-order valence-electron chi connectivity index (χ3n) is 3.50. The molecule has 0 radical (unpaired) electrons. The predicted molar refractivity (Wildman–Crippen MR) is 94.0 cm³/mol. The lowest BCUT2D eigenvalue weighted by molar-refractivity contribution is 0.219. The van der Waals surface area contributed by atoms with Gasteiger partial charge in [0, 0.05) is 5.56 Å². The lowest BCUT2D eigenvalue weighted by atomic mass is 10.1.